The van der Waals surface area contributed by atoms with E-state index < -0.39 is 19.1 Å². The molecule has 1 aromatic heterocycles. The van der Waals surface area contributed by atoms with Gasteiger partial charge in [-0.1, -0.05) is 20.8 Å². The van der Waals surface area contributed by atoms with E-state index in [0.29, 0.717) is 0 Å². The number of aromatic nitrogens is 1. The lowest BCUT2D eigenvalue weighted by atomic mass is 9.98. The van der Waals surface area contributed by atoms with Gasteiger partial charge in [0.05, 0.1) is 17.2 Å². The molecule has 0 aliphatic carbocycles. The fraction of sp³-hybridized carbons (Fsp3) is 0.769. The first-order valence-electron chi connectivity index (χ1n) is 6.27. The van der Waals surface area contributed by atoms with Crippen molar-refractivity contribution in [3.05, 3.63) is 15.6 Å². The van der Waals surface area contributed by atoms with Gasteiger partial charge in [-0.2, -0.15) is 0 Å². The van der Waals surface area contributed by atoms with Gasteiger partial charge in [-0.15, -0.1) is 11.3 Å². The van der Waals surface area contributed by atoms with Gasteiger partial charge in [0.25, 0.3) is 5.92 Å². The molecule has 0 aliphatic heterocycles. The lowest BCUT2D eigenvalue weighted by Crippen LogP contribution is -2.37. The number of nitrogens with one attached hydrogen (secondary N) is 1. The number of hydrogen-bond donors (Lipinski definition) is 2. The van der Waals surface area contributed by atoms with E-state index in [1.165, 1.54) is 0 Å². The number of nitrogens with zero attached hydrogens (tertiary/aromatic N) is 1. The Morgan fingerprint density at radius 3 is 2.37 bits per heavy atom. The largest absolute Gasteiger partial charge is 0.390 e. The van der Waals surface area contributed by atoms with Gasteiger partial charge in [0.1, 0.15) is 6.61 Å². The molecule has 2 N–H and O–H groups in total. The standard InChI is InChI=1S/C13H22F2N2OS/c1-8(16-6-13(14,15)7-18)10-9(2)17-11(19-10)12(3,4)5/h8,16,18H,6-7H2,1-5H3. The van der Waals surface area contributed by atoms with Crippen LogP contribution in [0, 0.1) is 6.92 Å². The van der Waals surface area contributed by atoms with Crippen LogP contribution in [-0.4, -0.2) is 29.2 Å². The molecule has 1 heterocycles. The third-order valence-electron chi connectivity index (χ3n) is 2.77. The summed E-state index contributed by atoms with van der Waals surface area (Å²) in [5, 5.41) is 12.3. The smallest absolute Gasteiger partial charge is 0.282 e. The molecular formula is C13H22F2N2OS. The van der Waals surface area contributed by atoms with Crippen molar-refractivity contribution in [1.82, 2.24) is 10.3 Å². The molecule has 0 amide bonds. The number of rotatable bonds is 5. The van der Waals surface area contributed by atoms with E-state index in [1.54, 1.807) is 11.3 Å². The number of aliphatic hydroxyl groups excluding tert-OH is 1. The SMILES string of the molecule is Cc1nc(C(C)(C)C)sc1C(C)NCC(F)(F)CO. The Kier molecular flexibility index (Phi) is 5.03. The molecule has 1 aromatic rings. The number of hydrogen-bond acceptors (Lipinski definition) is 4. The zero-order valence-electron chi connectivity index (χ0n) is 12.1. The first-order valence-corrected chi connectivity index (χ1v) is 7.08. The fourth-order valence-corrected chi connectivity index (χ4v) is 2.73. The average molecular weight is 292 g/mol. The highest BCUT2D eigenvalue weighted by Crippen LogP contribution is 2.32. The molecule has 110 valence electrons. The number of thiazole rings is 1. The van der Waals surface area contributed by atoms with Gasteiger partial charge in [0.15, 0.2) is 0 Å². The maximum absolute atomic E-state index is 13.0. The fourth-order valence-electron chi connectivity index (χ4n) is 1.58. The summed E-state index contributed by atoms with van der Waals surface area (Å²) in [6.07, 6.45) is 0. The molecule has 0 aromatic carbocycles. The van der Waals surface area contributed by atoms with Crippen molar-refractivity contribution < 1.29 is 13.9 Å². The number of alkyl halides is 2. The summed E-state index contributed by atoms with van der Waals surface area (Å²) in [6, 6.07) is -0.203. The molecule has 19 heavy (non-hydrogen) atoms. The van der Waals surface area contributed by atoms with Crippen LogP contribution >= 0.6 is 11.3 Å². The molecule has 0 radical (unpaired) electrons. The second-order valence-electron chi connectivity index (χ2n) is 5.84. The van der Waals surface area contributed by atoms with Crippen molar-refractivity contribution in [2.75, 3.05) is 13.2 Å². The molecule has 6 heteroatoms. The minimum Gasteiger partial charge on any atom is -0.390 e. The van der Waals surface area contributed by atoms with Crippen LogP contribution in [0.15, 0.2) is 0 Å². The number of aryl methyl sites for hydroxylation is 1. The zero-order valence-corrected chi connectivity index (χ0v) is 12.9. The van der Waals surface area contributed by atoms with E-state index in [0.717, 1.165) is 15.6 Å². The third-order valence-corrected chi connectivity index (χ3v) is 4.53. The van der Waals surface area contributed by atoms with Crippen LogP contribution in [0.25, 0.3) is 0 Å². The normalized spacial score (nSPS) is 14.7. The average Bonchev–Trinajstić information content (AvgIpc) is 2.68. The van der Waals surface area contributed by atoms with Crippen molar-refractivity contribution in [3.8, 4) is 0 Å². The molecule has 1 unspecified atom stereocenters. The minimum absolute atomic E-state index is 0.0393. The van der Waals surface area contributed by atoms with Gasteiger partial charge in [0, 0.05) is 16.3 Å². The van der Waals surface area contributed by atoms with E-state index in [4.69, 9.17) is 5.11 Å². The molecule has 1 atom stereocenters. The molecule has 0 saturated carbocycles. The Labute approximate surface area is 117 Å². The second-order valence-corrected chi connectivity index (χ2v) is 6.87. The van der Waals surface area contributed by atoms with Crippen molar-refractivity contribution in [2.45, 2.75) is 52.0 Å². The van der Waals surface area contributed by atoms with Gasteiger partial charge < -0.3 is 10.4 Å². The van der Waals surface area contributed by atoms with Gasteiger partial charge in [-0.3, -0.25) is 0 Å². The summed E-state index contributed by atoms with van der Waals surface area (Å²) >= 11 is 1.55. The third kappa shape index (κ3) is 4.47. The van der Waals surface area contributed by atoms with Crippen molar-refractivity contribution in [3.63, 3.8) is 0 Å². The molecule has 0 fully saturated rings. The zero-order chi connectivity index (χ0) is 14.8. The van der Waals surface area contributed by atoms with Crippen molar-refractivity contribution in [2.24, 2.45) is 0 Å². The highest BCUT2D eigenvalue weighted by molar-refractivity contribution is 7.12. The van der Waals surface area contributed by atoms with Gasteiger partial charge in [-0.25, -0.2) is 13.8 Å². The van der Waals surface area contributed by atoms with Gasteiger partial charge >= 0.3 is 0 Å². The van der Waals surface area contributed by atoms with Crippen LogP contribution in [0.1, 0.15) is 49.3 Å². The monoisotopic (exact) mass is 292 g/mol. The quantitative estimate of drug-likeness (QED) is 0.877. The van der Waals surface area contributed by atoms with Gasteiger partial charge in [0.2, 0.25) is 0 Å². The summed E-state index contributed by atoms with van der Waals surface area (Å²) in [5.74, 6) is -3.08. The molecule has 0 saturated heterocycles. The predicted octanol–water partition coefficient (Wildman–Crippen LogP) is 3.03. The lowest BCUT2D eigenvalue weighted by molar-refractivity contribution is -0.0490. The Bertz CT molecular complexity index is 427. The minimum atomic E-state index is -3.08. The van der Waals surface area contributed by atoms with Gasteiger partial charge in [-0.05, 0) is 13.8 Å². The predicted molar refractivity (Wildman–Crippen MR) is 74.0 cm³/mol. The topological polar surface area (TPSA) is 45.2 Å². The maximum atomic E-state index is 13.0. The van der Waals surface area contributed by atoms with Crippen molar-refractivity contribution in [1.29, 1.82) is 0 Å². The van der Waals surface area contributed by atoms with Crippen LogP contribution in [0.4, 0.5) is 8.78 Å². The summed E-state index contributed by atoms with van der Waals surface area (Å²) < 4.78 is 26.0. The molecule has 0 spiro atoms. The number of halogens is 2. The van der Waals surface area contributed by atoms with Crippen molar-refractivity contribution >= 4 is 11.3 Å². The Balaban J connectivity index is 2.78. The molecular weight excluding hydrogens is 270 g/mol. The van der Waals surface area contributed by atoms with E-state index in [-0.39, 0.29) is 11.5 Å². The molecule has 3 nitrogen and oxygen atoms in total. The van der Waals surface area contributed by atoms with E-state index >= 15 is 0 Å². The van der Waals surface area contributed by atoms with Crippen LogP contribution in [0.2, 0.25) is 0 Å². The lowest BCUT2D eigenvalue weighted by Gasteiger charge is -2.18. The Morgan fingerprint density at radius 2 is 1.95 bits per heavy atom. The first-order chi connectivity index (χ1) is 8.57. The Morgan fingerprint density at radius 1 is 1.37 bits per heavy atom. The highest BCUT2D eigenvalue weighted by atomic mass is 32.1. The Hall–Kier alpha value is -0.590. The summed E-state index contributed by atoms with van der Waals surface area (Å²) in [5.41, 5.74) is 0.838. The second kappa shape index (κ2) is 5.81. The summed E-state index contributed by atoms with van der Waals surface area (Å²) in [6.45, 7) is 8.28. The molecule has 0 aliphatic rings. The first kappa shape index (κ1) is 16.5. The highest BCUT2D eigenvalue weighted by Gasteiger charge is 2.29. The van der Waals surface area contributed by atoms with E-state index in [1.807, 2.05) is 13.8 Å². The van der Waals surface area contributed by atoms with Crippen LogP contribution in [0.3, 0.4) is 0 Å². The molecule has 0 bridgehead atoms. The summed E-state index contributed by atoms with van der Waals surface area (Å²) in [4.78, 5) is 5.48. The van der Waals surface area contributed by atoms with E-state index in [2.05, 4.69) is 31.1 Å². The number of aliphatic hydroxyl groups is 1. The van der Waals surface area contributed by atoms with Crippen LogP contribution in [-0.2, 0) is 5.41 Å². The van der Waals surface area contributed by atoms with Crippen LogP contribution < -0.4 is 5.32 Å². The van der Waals surface area contributed by atoms with Crippen LogP contribution in [0.5, 0.6) is 0 Å². The maximum Gasteiger partial charge on any atom is 0.282 e. The summed E-state index contributed by atoms with van der Waals surface area (Å²) in [7, 11) is 0. The van der Waals surface area contributed by atoms with E-state index in [9.17, 15) is 8.78 Å². The molecule has 1 rings (SSSR count).